The van der Waals surface area contributed by atoms with Crippen LogP contribution in [0.25, 0.3) is 0 Å². The molecule has 0 aliphatic carbocycles. The number of aliphatic imine (C=N–C) groups is 2. The molecule has 6 nitrogen and oxygen atoms in total. The van der Waals surface area contributed by atoms with Crippen LogP contribution in [0.5, 0.6) is 0 Å². The summed E-state index contributed by atoms with van der Waals surface area (Å²) in [5.74, 6) is 1.45. The molecule has 0 aliphatic rings. The fourth-order valence-electron chi connectivity index (χ4n) is 2.19. The van der Waals surface area contributed by atoms with Crippen LogP contribution < -0.4 is 22.5 Å². The Kier molecular flexibility index (Phi) is 21.5. The third-order valence-corrected chi connectivity index (χ3v) is 3.78. The summed E-state index contributed by atoms with van der Waals surface area (Å²) in [5, 5.41) is 2.70. The molecule has 0 rings (SSSR count). The maximum absolute atomic E-state index is 5.61. The summed E-state index contributed by atoms with van der Waals surface area (Å²) >= 11 is 0. The zero-order valence-electron chi connectivity index (χ0n) is 17.2. The summed E-state index contributed by atoms with van der Waals surface area (Å²) in [6, 6.07) is 0. The molecule has 0 unspecified atom stereocenters. The molecule has 7 N–H and O–H groups in total. The molecular weight excluding hydrogens is 312 g/mol. The fraction of sp³-hybridized carbons (Fsp3) is 0.895. The average molecular weight is 357 g/mol. The topological polar surface area (TPSA) is 115 Å². The lowest BCUT2D eigenvalue weighted by Gasteiger charge is -2.04. The Bertz CT molecular complexity index is 320. The monoisotopic (exact) mass is 356 g/mol. The number of hydrogen-bond donors (Lipinski definition) is 4. The number of nitrogens with zero attached hydrogens (tertiary/aromatic N) is 2. The normalized spacial score (nSPS) is 12.1. The molecule has 0 aromatic heterocycles. The summed E-state index contributed by atoms with van der Waals surface area (Å²) in [6.45, 7) is 8.36. The van der Waals surface area contributed by atoms with Crippen molar-refractivity contribution in [3.8, 4) is 0 Å². The van der Waals surface area contributed by atoms with E-state index < -0.39 is 0 Å². The van der Waals surface area contributed by atoms with Gasteiger partial charge in [-0.1, -0.05) is 72.1 Å². The van der Waals surface area contributed by atoms with E-state index in [1.165, 1.54) is 57.8 Å². The SMILES string of the molecule is CCCCCCCN.CN=C(N)NC(N)=NCCCCCCC(C)C. The standard InChI is InChI=1S/C12H27N5.C7H17N/c1-10(2)8-6-4-5-7-9-16-12(14)17-11(13)15-3;1-2-3-4-5-6-7-8/h10H,4-9H2,1-3H3,(H5,13,14,15,16,17);2-8H2,1H3. The van der Waals surface area contributed by atoms with Crippen LogP contribution in [0.4, 0.5) is 0 Å². The predicted octanol–water partition coefficient (Wildman–Crippen LogP) is 3.36. The van der Waals surface area contributed by atoms with Gasteiger partial charge in [0.1, 0.15) is 0 Å². The van der Waals surface area contributed by atoms with E-state index in [9.17, 15) is 0 Å². The molecule has 25 heavy (non-hydrogen) atoms. The van der Waals surface area contributed by atoms with Crippen LogP contribution in [0.3, 0.4) is 0 Å². The molecular formula is C19H44N6. The molecule has 0 saturated carbocycles. The van der Waals surface area contributed by atoms with Crippen molar-refractivity contribution in [3.63, 3.8) is 0 Å². The highest BCUT2D eigenvalue weighted by Gasteiger charge is 1.95. The highest BCUT2D eigenvalue weighted by molar-refractivity contribution is 5.96. The van der Waals surface area contributed by atoms with Gasteiger partial charge in [0.2, 0.25) is 0 Å². The first-order valence-corrected chi connectivity index (χ1v) is 9.97. The molecule has 150 valence electrons. The molecule has 0 spiro atoms. The minimum atomic E-state index is 0.295. The number of unbranched alkanes of at least 4 members (excludes halogenated alkanes) is 7. The molecule has 0 aliphatic heterocycles. The van der Waals surface area contributed by atoms with Crippen molar-refractivity contribution in [1.82, 2.24) is 5.32 Å². The second kappa shape index (κ2) is 20.7. The van der Waals surface area contributed by atoms with Gasteiger partial charge in [-0.2, -0.15) is 0 Å². The van der Waals surface area contributed by atoms with Gasteiger partial charge in [0.25, 0.3) is 0 Å². The van der Waals surface area contributed by atoms with Crippen LogP contribution in [0.15, 0.2) is 9.98 Å². The van der Waals surface area contributed by atoms with Gasteiger partial charge in [0, 0.05) is 13.6 Å². The maximum atomic E-state index is 5.61. The number of rotatable bonds is 12. The molecule has 0 heterocycles. The van der Waals surface area contributed by atoms with Gasteiger partial charge in [-0.3, -0.25) is 15.3 Å². The summed E-state index contributed by atoms with van der Waals surface area (Å²) < 4.78 is 0. The first-order valence-electron chi connectivity index (χ1n) is 9.97. The molecule has 0 bridgehead atoms. The lowest BCUT2D eigenvalue weighted by Crippen LogP contribution is -2.41. The predicted molar refractivity (Wildman–Crippen MR) is 113 cm³/mol. The molecule has 0 aromatic rings. The van der Waals surface area contributed by atoms with Gasteiger partial charge >= 0.3 is 0 Å². The van der Waals surface area contributed by atoms with Crippen LogP contribution in [0.1, 0.15) is 85.0 Å². The van der Waals surface area contributed by atoms with Gasteiger partial charge < -0.3 is 17.2 Å². The lowest BCUT2D eigenvalue weighted by molar-refractivity contribution is 0.521. The van der Waals surface area contributed by atoms with E-state index in [0.29, 0.717) is 11.9 Å². The Morgan fingerprint density at radius 2 is 1.48 bits per heavy atom. The lowest BCUT2D eigenvalue weighted by atomic mass is 10.0. The van der Waals surface area contributed by atoms with Crippen LogP contribution in [-0.4, -0.2) is 32.1 Å². The Balaban J connectivity index is 0. The van der Waals surface area contributed by atoms with Gasteiger partial charge in [-0.15, -0.1) is 0 Å². The second-order valence-corrected chi connectivity index (χ2v) is 6.80. The van der Waals surface area contributed by atoms with Crippen molar-refractivity contribution in [2.75, 3.05) is 20.1 Å². The first-order chi connectivity index (χ1) is 12.0. The van der Waals surface area contributed by atoms with Crippen LogP contribution >= 0.6 is 0 Å². The Morgan fingerprint density at radius 3 is 2.04 bits per heavy atom. The van der Waals surface area contributed by atoms with E-state index in [4.69, 9.17) is 17.2 Å². The third-order valence-electron chi connectivity index (χ3n) is 3.78. The van der Waals surface area contributed by atoms with E-state index in [0.717, 1.165) is 25.4 Å². The zero-order valence-corrected chi connectivity index (χ0v) is 17.2. The van der Waals surface area contributed by atoms with E-state index in [2.05, 4.69) is 36.1 Å². The third kappa shape index (κ3) is 25.1. The quantitative estimate of drug-likeness (QED) is 0.244. The van der Waals surface area contributed by atoms with Crippen molar-refractivity contribution in [2.24, 2.45) is 33.1 Å². The zero-order chi connectivity index (χ0) is 19.3. The number of nitrogens with two attached hydrogens (primary N) is 3. The summed E-state index contributed by atoms with van der Waals surface area (Å²) in [6.07, 6.45) is 12.8. The summed E-state index contributed by atoms with van der Waals surface area (Å²) in [4.78, 5) is 7.90. The second-order valence-electron chi connectivity index (χ2n) is 6.80. The van der Waals surface area contributed by atoms with Gasteiger partial charge in [0.05, 0.1) is 0 Å². The van der Waals surface area contributed by atoms with Crippen molar-refractivity contribution in [2.45, 2.75) is 85.0 Å². The van der Waals surface area contributed by atoms with Gasteiger partial charge in [-0.25, -0.2) is 0 Å². The first kappa shape index (κ1) is 25.9. The number of guanidine groups is 2. The number of hydrogen-bond acceptors (Lipinski definition) is 3. The minimum absolute atomic E-state index is 0.295. The molecule has 0 radical (unpaired) electrons. The highest BCUT2D eigenvalue weighted by atomic mass is 15.2. The molecule has 0 saturated heterocycles. The molecule has 0 fully saturated rings. The largest absolute Gasteiger partial charge is 0.370 e. The van der Waals surface area contributed by atoms with Gasteiger partial charge in [-0.05, 0) is 25.3 Å². The maximum Gasteiger partial charge on any atom is 0.195 e. The minimum Gasteiger partial charge on any atom is -0.370 e. The molecule has 0 amide bonds. The summed E-state index contributed by atoms with van der Waals surface area (Å²) in [5.41, 5.74) is 16.4. The Morgan fingerprint density at radius 1 is 0.880 bits per heavy atom. The summed E-state index contributed by atoms with van der Waals surface area (Å²) in [7, 11) is 1.60. The Hall–Kier alpha value is -1.30. The highest BCUT2D eigenvalue weighted by Crippen LogP contribution is 2.09. The van der Waals surface area contributed by atoms with E-state index in [1.807, 2.05) is 0 Å². The van der Waals surface area contributed by atoms with Gasteiger partial charge in [0.15, 0.2) is 11.9 Å². The van der Waals surface area contributed by atoms with Crippen molar-refractivity contribution in [3.05, 3.63) is 0 Å². The van der Waals surface area contributed by atoms with E-state index in [-0.39, 0.29) is 0 Å². The van der Waals surface area contributed by atoms with E-state index >= 15 is 0 Å². The van der Waals surface area contributed by atoms with Crippen molar-refractivity contribution in [1.29, 1.82) is 0 Å². The van der Waals surface area contributed by atoms with Crippen molar-refractivity contribution >= 4 is 11.9 Å². The molecule has 0 atom stereocenters. The molecule has 0 aromatic carbocycles. The van der Waals surface area contributed by atoms with Crippen molar-refractivity contribution < 1.29 is 0 Å². The smallest absolute Gasteiger partial charge is 0.195 e. The fourth-order valence-corrected chi connectivity index (χ4v) is 2.19. The van der Waals surface area contributed by atoms with E-state index in [1.54, 1.807) is 7.05 Å². The Labute approximate surface area is 156 Å². The molecule has 6 heteroatoms. The van der Waals surface area contributed by atoms with Crippen LogP contribution in [0.2, 0.25) is 0 Å². The van der Waals surface area contributed by atoms with Crippen LogP contribution in [0, 0.1) is 5.92 Å². The number of nitrogens with one attached hydrogen (secondary N) is 1. The van der Waals surface area contributed by atoms with Crippen LogP contribution in [-0.2, 0) is 0 Å². The average Bonchev–Trinajstić information content (AvgIpc) is 2.58.